The van der Waals surface area contributed by atoms with Crippen LogP contribution in [0.15, 0.2) is 57.4 Å². The summed E-state index contributed by atoms with van der Waals surface area (Å²) < 4.78 is 24.1. The number of ether oxygens (including phenoxy) is 2. The topological polar surface area (TPSA) is 70.5 Å². The van der Waals surface area contributed by atoms with Crippen molar-refractivity contribution in [2.45, 2.75) is 60.3 Å². The second kappa shape index (κ2) is 11.3. The zero-order valence-corrected chi connectivity index (χ0v) is 23.0. The average molecular weight is 513 g/mol. The molecule has 6 nitrogen and oxygen atoms in total. The highest BCUT2D eigenvalue weighted by atomic mass is 16.5. The Morgan fingerprint density at radius 3 is 1.74 bits per heavy atom. The minimum absolute atomic E-state index is 0.568. The van der Waals surface area contributed by atoms with E-state index in [0.717, 1.165) is 63.4 Å². The number of rotatable bonds is 11. The lowest BCUT2D eigenvalue weighted by atomic mass is 10.0. The molecule has 0 amide bonds. The Morgan fingerprint density at radius 1 is 0.737 bits per heavy atom. The normalized spacial score (nSPS) is 12.3. The van der Waals surface area contributed by atoms with Gasteiger partial charge in [0.15, 0.2) is 11.2 Å². The van der Waals surface area contributed by atoms with Crippen molar-refractivity contribution in [2.75, 3.05) is 13.2 Å². The van der Waals surface area contributed by atoms with Gasteiger partial charge in [0, 0.05) is 23.3 Å². The molecule has 0 saturated heterocycles. The summed E-state index contributed by atoms with van der Waals surface area (Å²) in [5.41, 5.74) is 6.96. The standard InChI is InChI=1S/C32H36N2O4/c1-6-9-10-22(7-2)19-36-28-18-30-26(16-21(28)5)34-32(38-30)24-13-11-23(12-14-24)31-33-25-15-20(4)27(35-8-3)17-29(25)37-31/h11-18,22H,6-10,19H2,1-5H3. The molecule has 0 N–H and O–H groups in total. The van der Waals surface area contributed by atoms with Crippen LogP contribution in [-0.4, -0.2) is 23.2 Å². The lowest BCUT2D eigenvalue weighted by Crippen LogP contribution is -2.11. The van der Waals surface area contributed by atoms with Gasteiger partial charge in [-0.2, -0.15) is 0 Å². The Hall–Kier alpha value is -3.80. The van der Waals surface area contributed by atoms with E-state index in [1.54, 1.807) is 0 Å². The zero-order valence-electron chi connectivity index (χ0n) is 23.0. The molecule has 0 spiro atoms. The summed E-state index contributed by atoms with van der Waals surface area (Å²) in [7, 11) is 0. The predicted octanol–water partition coefficient (Wildman–Crippen LogP) is 8.91. The van der Waals surface area contributed by atoms with Crippen molar-refractivity contribution in [2.24, 2.45) is 5.92 Å². The monoisotopic (exact) mass is 512 g/mol. The minimum atomic E-state index is 0.568. The molecule has 0 aliphatic heterocycles. The molecular weight excluding hydrogens is 476 g/mol. The van der Waals surface area contributed by atoms with Crippen LogP contribution in [0.3, 0.4) is 0 Å². The van der Waals surface area contributed by atoms with E-state index in [1.807, 2.05) is 62.4 Å². The number of oxazole rings is 2. The highest BCUT2D eigenvalue weighted by Gasteiger charge is 2.15. The van der Waals surface area contributed by atoms with Gasteiger partial charge in [0.05, 0.1) is 13.2 Å². The summed E-state index contributed by atoms with van der Waals surface area (Å²) in [6.45, 7) is 11.8. The molecule has 38 heavy (non-hydrogen) atoms. The van der Waals surface area contributed by atoms with Crippen molar-refractivity contribution in [1.82, 2.24) is 9.97 Å². The molecule has 2 aromatic heterocycles. The highest BCUT2D eigenvalue weighted by Crippen LogP contribution is 2.33. The number of hydrogen-bond donors (Lipinski definition) is 0. The van der Waals surface area contributed by atoms with E-state index < -0.39 is 0 Å². The van der Waals surface area contributed by atoms with E-state index in [0.29, 0.717) is 29.9 Å². The van der Waals surface area contributed by atoms with Crippen LogP contribution in [-0.2, 0) is 0 Å². The van der Waals surface area contributed by atoms with Crippen LogP contribution in [0.5, 0.6) is 11.5 Å². The third kappa shape index (κ3) is 5.40. The predicted molar refractivity (Wildman–Crippen MR) is 152 cm³/mol. The summed E-state index contributed by atoms with van der Waals surface area (Å²) in [4.78, 5) is 9.41. The summed E-state index contributed by atoms with van der Waals surface area (Å²) in [6.07, 6.45) is 4.79. The van der Waals surface area contributed by atoms with Crippen molar-refractivity contribution in [3.8, 4) is 34.4 Å². The smallest absolute Gasteiger partial charge is 0.227 e. The molecular formula is C32H36N2O4. The van der Waals surface area contributed by atoms with Gasteiger partial charge in [0.1, 0.15) is 22.5 Å². The maximum atomic E-state index is 6.21. The molecule has 0 fully saturated rings. The molecule has 5 aromatic rings. The number of unbranched alkanes of at least 4 members (excludes halogenated alkanes) is 1. The Kier molecular flexibility index (Phi) is 7.68. The number of aryl methyl sites for hydroxylation is 2. The van der Waals surface area contributed by atoms with Gasteiger partial charge in [-0.15, -0.1) is 0 Å². The van der Waals surface area contributed by atoms with E-state index in [-0.39, 0.29) is 0 Å². The molecule has 2 heterocycles. The first kappa shape index (κ1) is 25.8. The van der Waals surface area contributed by atoms with Crippen LogP contribution < -0.4 is 9.47 Å². The van der Waals surface area contributed by atoms with Crippen molar-refractivity contribution < 1.29 is 18.3 Å². The fourth-order valence-corrected chi connectivity index (χ4v) is 4.69. The number of nitrogens with zero attached hydrogens (tertiary/aromatic N) is 2. The fraction of sp³-hybridized carbons (Fsp3) is 0.375. The summed E-state index contributed by atoms with van der Waals surface area (Å²) >= 11 is 0. The molecule has 0 aliphatic rings. The van der Waals surface area contributed by atoms with Gasteiger partial charge >= 0.3 is 0 Å². The number of aromatic nitrogens is 2. The van der Waals surface area contributed by atoms with E-state index in [9.17, 15) is 0 Å². The largest absolute Gasteiger partial charge is 0.493 e. The van der Waals surface area contributed by atoms with Crippen molar-refractivity contribution in [3.63, 3.8) is 0 Å². The maximum Gasteiger partial charge on any atom is 0.227 e. The van der Waals surface area contributed by atoms with Gasteiger partial charge in [0.2, 0.25) is 11.8 Å². The number of fused-ring (bicyclic) bond motifs is 2. The van der Waals surface area contributed by atoms with Crippen LogP contribution in [0, 0.1) is 19.8 Å². The molecule has 1 atom stereocenters. The number of hydrogen-bond acceptors (Lipinski definition) is 6. The van der Waals surface area contributed by atoms with Crippen LogP contribution >= 0.6 is 0 Å². The lowest BCUT2D eigenvalue weighted by Gasteiger charge is -2.16. The Morgan fingerprint density at radius 2 is 1.26 bits per heavy atom. The first-order chi connectivity index (χ1) is 18.5. The zero-order chi connectivity index (χ0) is 26.6. The molecule has 1 unspecified atom stereocenters. The van der Waals surface area contributed by atoms with Crippen LogP contribution in [0.25, 0.3) is 45.1 Å². The van der Waals surface area contributed by atoms with Crippen LogP contribution in [0.1, 0.15) is 57.6 Å². The van der Waals surface area contributed by atoms with Gasteiger partial charge in [-0.1, -0.05) is 33.1 Å². The van der Waals surface area contributed by atoms with Crippen molar-refractivity contribution in [1.29, 1.82) is 0 Å². The van der Waals surface area contributed by atoms with Crippen molar-refractivity contribution in [3.05, 3.63) is 59.7 Å². The molecule has 6 heteroatoms. The van der Waals surface area contributed by atoms with Gasteiger partial charge in [0.25, 0.3) is 0 Å². The van der Waals surface area contributed by atoms with Gasteiger partial charge in [-0.05, 0) is 80.6 Å². The second-order valence-corrected chi connectivity index (χ2v) is 9.95. The Bertz CT molecular complexity index is 1530. The fourth-order valence-electron chi connectivity index (χ4n) is 4.69. The average Bonchev–Trinajstić information content (AvgIpc) is 3.52. The van der Waals surface area contributed by atoms with Gasteiger partial charge < -0.3 is 18.3 Å². The highest BCUT2D eigenvalue weighted by molar-refractivity contribution is 5.81. The third-order valence-electron chi connectivity index (χ3n) is 7.07. The summed E-state index contributed by atoms with van der Waals surface area (Å²) in [5, 5.41) is 0. The van der Waals surface area contributed by atoms with E-state index >= 15 is 0 Å². The Labute approximate surface area is 224 Å². The maximum absolute atomic E-state index is 6.21. The van der Waals surface area contributed by atoms with Crippen LogP contribution in [0.2, 0.25) is 0 Å². The molecule has 0 bridgehead atoms. The molecule has 0 aliphatic carbocycles. The molecule has 0 saturated carbocycles. The second-order valence-electron chi connectivity index (χ2n) is 9.95. The summed E-state index contributed by atoms with van der Waals surface area (Å²) in [5.74, 6) is 3.40. The van der Waals surface area contributed by atoms with Gasteiger partial charge in [-0.25, -0.2) is 9.97 Å². The van der Waals surface area contributed by atoms with Gasteiger partial charge in [-0.3, -0.25) is 0 Å². The Balaban J connectivity index is 1.35. The first-order valence-electron chi connectivity index (χ1n) is 13.7. The molecule has 198 valence electrons. The van der Waals surface area contributed by atoms with Crippen LogP contribution in [0.4, 0.5) is 0 Å². The first-order valence-corrected chi connectivity index (χ1v) is 13.7. The minimum Gasteiger partial charge on any atom is -0.493 e. The number of benzene rings is 3. The molecule has 0 radical (unpaired) electrons. The van der Waals surface area contributed by atoms with E-state index in [4.69, 9.17) is 23.3 Å². The molecule has 3 aromatic carbocycles. The van der Waals surface area contributed by atoms with E-state index in [2.05, 4.69) is 25.8 Å². The summed E-state index contributed by atoms with van der Waals surface area (Å²) in [6, 6.07) is 15.8. The van der Waals surface area contributed by atoms with E-state index in [1.165, 1.54) is 19.3 Å². The quantitative estimate of drug-likeness (QED) is 0.176. The molecule has 5 rings (SSSR count). The SMILES string of the molecule is CCCCC(CC)COc1cc2oc(-c3ccc(-c4nc5cc(C)c(OCC)cc5o4)cc3)nc2cc1C. The van der Waals surface area contributed by atoms with Crippen molar-refractivity contribution >= 4 is 22.2 Å². The lowest BCUT2D eigenvalue weighted by molar-refractivity contribution is 0.232. The third-order valence-corrected chi connectivity index (χ3v) is 7.07.